The summed E-state index contributed by atoms with van der Waals surface area (Å²) in [6.45, 7) is 3.44. The smallest absolute Gasteiger partial charge is 0.462 e. The van der Waals surface area contributed by atoms with E-state index in [9.17, 15) is 19.0 Å². The molecule has 0 aliphatic carbocycles. The number of unbranched alkanes of at least 4 members (excludes halogenated alkanes) is 10. The minimum Gasteiger partial charge on any atom is -0.462 e. The zero-order valence-electron chi connectivity index (χ0n) is 43.0. The summed E-state index contributed by atoms with van der Waals surface area (Å²) >= 11 is 0. The van der Waals surface area contributed by atoms with Crippen LogP contribution in [0.1, 0.15) is 181 Å². The highest BCUT2D eigenvalue weighted by Crippen LogP contribution is 2.43. The van der Waals surface area contributed by atoms with Gasteiger partial charge in [-0.2, -0.15) is 0 Å². The third-order valence-corrected chi connectivity index (χ3v) is 11.2. The van der Waals surface area contributed by atoms with E-state index in [2.05, 4.69) is 160 Å². The largest absolute Gasteiger partial charge is 0.472 e. The number of phosphoric ester groups is 1. The van der Waals surface area contributed by atoms with E-state index in [1.807, 2.05) is 0 Å². The molecule has 0 aliphatic heterocycles. The molecule has 0 aromatic heterocycles. The second kappa shape index (κ2) is 53.2. The van der Waals surface area contributed by atoms with Gasteiger partial charge in [0, 0.05) is 19.4 Å². The van der Waals surface area contributed by atoms with Crippen molar-refractivity contribution in [2.24, 2.45) is 5.73 Å². The van der Waals surface area contributed by atoms with Gasteiger partial charge in [-0.25, -0.2) is 4.57 Å². The van der Waals surface area contributed by atoms with E-state index in [-0.39, 0.29) is 32.6 Å². The molecule has 69 heavy (non-hydrogen) atoms. The van der Waals surface area contributed by atoms with Crippen LogP contribution in [-0.2, 0) is 32.7 Å². The summed E-state index contributed by atoms with van der Waals surface area (Å²) in [5.41, 5.74) is 5.37. The SMILES string of the molecule is CC/C=C\C/C=C\C/C=C\C/C=C\C/C=C\C/C=C\CCCCCCCCC(=O)OC(COC(=O)CCCCCC/C=C\C/C=C\C/C=C\C/C=C\C/C=C\C/C=C\CC)COP(=O)(O)OCCN. The van der Waals surface area contributed by atoms with E-state index < -0.39 is 32.5 Å². The molecule has 0 saturated carbocycles. The van der Waals surface area contributed by atoms with Crippen LogP contribution in [0, 0.1) is 0 Å². The second-order valence-corrected chi connectivity index (χ2v) is 18.1. The average Bonchev–Trinajstić information content (AvgIpc) is 3.34. The molecule has 0 amide bonds. The Balaban J connectivity index is 4.19. The lowest BCUT2D eigenvalue weighted by Crippen LogP contribution is -2.29. The van der Waals surface area contributed by atoms with Gasteiger partial charge < -0.3 is 20.1 Å². The van der Waals surface area contributed by atoms with Crippen molar-refractivity contribution in [3.63, 3.8) is 0 Å². The standard InChI is InChI=1S/C59H94NO8P/c1-3-5-7-9-11-13-15-17-19-21-23-25-27-28-30-32-34-36-38-40-42-44-46-48-50-52-59(62)68-57(56-67-69(63,64)66-54-53-60)55-65-58(61)51-49-47-45-43-41-39-37-35-33-31-29-26-24-22-20-18-16-14-12-10-8-6-4-2/h5-8,11-14,17-20,23-26,28,30-31,33-34,36-37,39,57H,3-4,9-10,15-16,21-22,27,29,32,35,38,40-56,60H2,1-2H3,(H,63,64)/b7-5-,8-6-,13-11-,14-12-,19-17-,20-18-,25-23-,26-24-,30-28-,33-31-,36-34-,39-37-. The van der Waals surface area contributed by atoms with Crippen molar-refractivity contribution in [1.29, 1.82) is 0 Å². The lowest BCUT2D eigenvalue weighted by Gasteiger charge is -2.19. The maximum atomic E-state index is 12.7. The third-order valence-electron chi connectivity index (χ3n) is 10.2. The Bertz CT molecular complexity index is 1630. The van der Waals surface area contributed by atoms with Crippen LogP contribution in [0.2, 0.25) is 0 Å². The minimum absolute atomic E-state index is 0.0376. The molecule has 388 valence electrons. The third kappa shape index (κ3) is 53.1. The van der Waals surface area contributed by atoms with Crippen LogP contribution in [0.4, 0.5) is 0 Å². The van der Waals surface area contributed by atoms with Crippen LogP contribution in [0.15, 0.2) is 146 Å². The molecule has 2 atom stereocenters. The summed E-state index contributed by atoms with van der Waals surface area (Å²) in [6, 6.07) is 0. The van der Waals surface area contributed by atoms with E-state index in [4.69, 9.17) is 24.3 Å². The predicted molar refractivity (Wildman–Crippen MR) is 293 cm³/mol. The monoisotopic (exact) mass is 976 g/mol. The lowest BCUT2D eigenvalue weighted by atomic mass is 10.1. The molecule has 0 aromatic carbocycles. The lowest BCUT2D eigenvalue weighted by molar-refractivity contribution is -0.161. The molecule has 0 fully saturated rings. The van der Waals surface area contributed by atoms with Gasteiger partial charge in [-0.15, -0.1) is 0 Å². The quantitative estimate of drug-likeness (QED) is 0.0264. The Morgan fingerprint density at radius 2 is 0.754 bits per heavy atom. The fourth-order valence-corrected chi connectivity index (χ4v) is 7.17. The van der Waals surface area contributed by atoms with Gasteiger partial charge in [-0.1, -0.05) is 198 Å². The highest BCUT2D eigenvalue weighted by atomic mass is 31.2. The number of phosphoric acid groups is 1. The molecule has 0 radical (unpaired) electrons. The highest BCUT2D eigenvalue weighted by molar-refractivity contribution is 7.47. The van der Waals surface area contributed by atoms with Gasteiger partial charge in [-0.3, -0.25) is 18.6 Å². The average molecular weight is 976 g/mol. The number of carbonyl (C=O) groups excluding carboxylic acids is 2. The topological polar surface area (TPSA) is 134 Å². The first kappa shape index (κ1) is 64.9. The van der Waals surface area contributed by atoms with Crippen molar-refractivity contribution < 1.29 is 37.6 Å². The minimum atomic E-state index is -4.41. The second-order valence-electron chi connectivity index (χ2n) is 16.6. The van der Waals surface area contributed by atoms with E-state index in [0.29, 0.717) is 12.8 Å². The Kier molecular flexibility index (Phi) is 50.1. The fourth-order valence-electron chi connectivity index (χ4n) is 6.40. The summed E-state index contributed by atoms with van der Waals surface area (Å²) < 4.78 is 32.9. The molecule has 2 unspecified atom stereocenters. The molecule has 0 rings (SSSR count). The van der Waals surface area contributed by atoms with Crippen LogP contribution >= 0.6 is 7.82 Å². The summed E-state index contributed by atoms with van der Waals surface area (Å²) in [7, 11) is -4.41. The van der Waals surface area contributed by atoms with E-state index in [1.165, 1.54) is 0 Å². The van der Waals surface area contributed by atoms with Crippen molar-refractivity contribution >= 4 is 19.8 Å². The molecule has 10 heteroatoms. The van der Waals surface area contributed by atoms with Crippen LogP contribution in [-0.4, -0.2) is 49.3 Å². The molecule has 0 bridgehead atoms. The van der Waals surface area contributed by atoms with Crippen LogP contribution in [0.5, 0.6) is 0 Å². The summed E-state index contributed by atoms with van der Waals surface area (Å²) in [4.78, 5) is 35.1. The first-order valence-electron chi connectivity index (χ1n) is 26.3. The van der Waals surface area contributed by atoms with Gasteiger partial charge in [-0.05, 0) is 116 Å². The van der Waals surface area contributed by atoms with Gasteiger partial charge in [0.2, 0.25) is 0 Å². The van der Waals surface area contributed by atoms with E-state index in [0.717, 1.165) is 141 Å². The predicted octanol–water partition coefficient (Wildman–Crippen LogP) is 16.4. The molecule has 0 heterocycles. The van der Waals surface area contributed by atoms with Crippen molar-refractivity contribution in [2.45, 2.75) is 187 Å². The Morgan fingerprint density at radius 3 is 1.12 bits per heavy atom. The first-order valence-corrected chi connectivity index (χ1v) is 27.8. The molecular formula is C59H94NO8P. The van der Waals surface area contributed by atoms with Crippen LogP contribution in [0.25, 0.3) is 0 Å². The number of esters is 2. The summed E-state index contributed by atoms with van der Waals surface area (Å²) in [5.74, 6) is -0.889. The van der Waals surface area contributed by atoms with Gasteiger partial charge in [0.15, 0.2) is 6.10 Å². The summed E-state index contributed by atoms with van der Waals surface area (Å²) in [6.07, 6.45) is 75.9. The Morgan fingerprint density at radius 1 is 0.435 bits per heavy atom. The zero-order valence-corrected chi connectivity index (χ0v) is 43.9. The zero-order chi connectivity index (χ0) is 50.2. The normalized spacial score (nSPS) is 14.3. The van der Waals surface area contributed by atoms with Crippen molar-refractivity contribution in [3.8, 4) is 0 Å². The fraction of sp³-hybridized carbons (Fsp3) is 0.559. The van der Waals surface area contributed by atoms with Crippen molar-refractivity contribution in [2.75, 3.05) is 26.4 Å². The summed E-state index contributed by atoms with van der Waals surface area (Å²) in [5, 5.41) is 0. The maximum absolute atomic E-state index is 12.7. The van der Waals surface area contributed by atoms with Gasteiger partial charge in [0.25, 0.3) is 0 Å². The van der Waals surface area contributed by atoms with Crippen LogP contribution in [0.3, 0.4) is 0 Å². The van der Waals surface area contributed by atoms with Crippen molar-refractivity contribution in [1.82, 2.24) is 0 Å². The molecule has 3 N–H and O–H groups in total. The van der Waals surface area contributed by atoms with Gasteiger partial charge >= 0.3 is 19.8 Å². The maximum Gasteiger partial charge on any atom is 0.472 e. The van der Waals surface area contributed by atoms with Gasteiger partial charge in [0.1, 0.15) is 6.61 Å². The first-order chi connectivity index (χ1) is 33.8. The highest BCUT2D eigenvalue weighted by Gasteiger charge is 2.26. The Labute approximate surface area is 420 Å². The molecule has 0 aromatic rings. The number of nitrogens with two attached hydrogens (primary N) is 1. The number of carbonyl (C=O) groups is 2. The molecule has 0 aliphatic rings. The number of hydrogen-bond donors (Lipinski definition) is 2. The van der Waals surface area contributed by atoms with Crippen molar-refractivity contribution in [3.05, 3.63) is 146 Å². The number of ether oxygens (including phenoxy) is 2. The van der Waals surface area contributed by atoms with E-state index >= 15 is 0 Å². The van der Waals surface area contributed by atoms with Gasteiger partial charge in [0.05, 0.1) is 13.2 Å². The van der Waals surface area contributed by atoms with E-state index in [1.54, 1.807) is 0 Å². The molecular weight excluding hydrogens is 882 g/mol. The Hall–Kier alpha value is -4.11. The molecule has 0 spiro atoms. The number of rotatable bonds is 47. The molecule has 0 saturated heterocycles. The number of hydrogen-bond acceptors (Lipinski definition) is 8. The number of allylic oxidation sites excluding steroid dienone is 24. The molecule has 9 nitrogen and oxygen atoms in total. The van der Waals surface area contributed by atoms with Crippen LogP contribution < -0.4 is 5.73 Å².